The maximum Gasteiger partial charge on any atom is 0.262 e. The molecule has 26 heavy (non-hydrogen) atoms. The SMILES string of the molecule is CNS(=O)(=O)c1cc(NC(=O)COc2ccc(C(N)=O)cc2)ccc1C. The van der Waals surface area contributed by atoms with Crippen LogP contribution in [0.3, 0.4) is 0 Å². The molecule has 0 radical (unpaired) electrons. The van der Waals surface area contributed by atoms with Gasteiger partial charge in [0.2, 0.25) is 15.9 Å². The third-order valence-electron chi connectivity index (χ3n) is 3.54. The molecule has 8 nitrogen and oxygen atoms in total. The normalized spacial score (nSPS) is 11.0. The van der Waals surface area contributed by atoms with Gasteiger partial charge in [-0.15, -0.1) is 0 Å². The number of anilines is 1. The number of primary amides is 1. The minimum Gasteiger partial charge on any atom is -0.484 e. The smallest absolute Gasteiger partial charge is 0.262 e. The van der Waals surface area contributed by atoms with E-state index in [2.05, 4.69) is 10.0 Å². The number of rotatable bonds is 7. The van der Waals surface area contributed by atoms with Crippen molar-refractivity contribution in [2.24, 2.45) is 5.73 Å². The van der Waals surface area contributed by atoms with Gasteiger partial charge in [-0.2, -0.15) is 0 Å². The number of hydrogen-bond donors (Lipinski definition) is 3. The molecule has 0 aliphatic heterocycles. The molecular formula is C17H19N3O5S. The van der Waals surface area contributed by atoms with Crippen LogP contribution in [0.15, 0.2) is 47.4 Å². The largest absolute Gasteiger partial charge is 0.484 e. The van der Waals surface area contributed by atoms with Gasteiger partial charge in [-0.1, -0.05) is 6.07 Å². The zero-order chi connectivity index (χ0) is 19.3. The molecule has 0 saturated heterocycles. The first-order valence-electron chi connectivity index (χ1n) is 7.59. The average Bonchev–Trinajstić information content (AvgIpc) is 2.61. The van der Waals surface area contributed by atoms with E-state index in [1.807, 2.05) is 0 Å². The van der Waals surface area contributed by atoms with Crippen molar-refractivity contribution in [2.75, 3.05) is 19.0 Å². The summed E-state index contributed by atoms with van der Waals surface area (Å²) in [6, 6.07) is 10.6. The molecule has 0 bridgehead atoms. The van der Waals surface area contributed by atoms with Gasteiger partial charge in [-0.25, -0.2) is 13.1 Å². The lowest BCUT2D eigenvalue weighted by atomic mass is 10.2. The Morgan fingerprint density at radius 2 is 1.77 bits per heavy atom. The first-order chi connectivity index (χ1) is 12.2. The fraction of sp³-hybridized carbons (Fsp3) is 0.176. The van der Waals surface area contributed by atoms with Crippen LogP contribution in [0.2, 0.25) is 0 Å². The number of carbonyl (C=O) groups is 2. The van der Waals surface area contributed by atoms with Crippen LogP contribution >= 0.6 is 0 Å². The summed E-state index contributed by atoms with van der Waals surface area (Å²) in [5.74, 6) is -0.617. The molecule has 0 heterocycles. The predicted octanol–water partition coefficient (Wildman–Crippen LogP) is 1.02. The monoisotopic (exact) mass is 377 g/mol. The number of ether oxygens (including phenoxy) is 1. The molecule has 0 saturated carbocycles. The summed E-state index contributed by atoms with van der Waals surface area (Å²) in [4.78, 5) is 23.1. The third kappa shape index (κ3) is 4.80. The second-order valence-electron chi connectivity index (χ2n) is 5.41. The number of sulfonamides is 1. The standard InChI is InChI=1S/C17H19N3O5S/c1-11-3-6-13(9-15(11)26(23,24)19-2)20-16(21)10-25-14-7-4-12(5-8-14)17(18)22/h3-9,19H,10H2,1-2H3,(H2,18,22)(H,20,21). The van der Waals surface area contributed by atoms with Crippen molar-refractivity contribution in [1.29, 1.82) is 0 Å². The van der Waals surface area contributed by atoms with Gasteiger partial charge in [0, 0.05) is 11.3 Å². The van der Waals surface area contributed by atoms with Crippen LogP contribution in [-0.4, -0.2) is 33.9 Å². The number of nitrogens with one attached hydrogen (secondary N) is 2. The molecule has 0 aromatic heterocycles. The highest BCUT2D eigenvalue weighted by Crippen LogP contribution is 2.20. The van der Waals surface area contributed by atoms with Crippen LogP contribution in [0.1, 0.15) is 15.9 Å². The predicted molar refractivity (Wildman–Crippen MR) is 96.5 cm³/mol. The number of carbonyl (C=O) groups excluding carboxylic acids is 2. The van der Waals surface area contributed by atoms with E-state index in [0.717, 1.165) is 0 Å². The van der Waals surface area contributed by atoms with Crippen molar-refractivity contribution >= 4 is 27.5 Å². The highest BCUT2D eigenvalue weighted by Gasteiger charge is 2.16. The van der Waals surface area contributed by atoms with Gasteiger partial charge in [0.05, 0.1) is 4.90 Å². The molecular weight excluding hydrogens is 358 g/mol. The summed E-state index contributed by atoms with van der Waals surface area (Å²) >= 11 is 0. The van der Waals surface area contributed by atoms with Gasteiger partial charge in [0.15, 0.2) is 6.61 Å². The minimum atomic E-state index is -3.62. The molecule has 0 unspecified atom stereocenters. The second kappa shape index (κ2) is 7.98. The lowest BCUT2D eigenvalue weighted by Gasteiger charge is -2.11. The van der Waals surface area contributed by atoms with Crippen molar-refractivity contribution in [2.45, 2.75) is 11.8 Å². The number of aryl methyl sites for hydroxylation is 1. The molecule has 0 spiro atoms. The van der Waals surface area contributed by atoms with Gasteiger partial charge < -0.3 is 15.8 Å². The Labute approximate surface area is 151 Å². The number of hydrogen-bond acceptors (Lipinski definition) is 5. The number of nitrogens with two attached hydrogens (primary N) is 1. The maximum absolute atomic E-state index is 12.0. The number of benzene rings is 2. The molecule has 2 aromatic rings. The van der Waals surface area contributed by atoms with Crippen LogP contribution in [0, 0.1) is 6.92 Å². The van der Waals surface area contributed by atoms with Gasteiger partial charge in [-0.3, -0.25) is 9.59 Å². The topological polar surface area (TPSA) is 128 Å². The maximum atomic E-state index is 12.0. The van der Waals surface area contributed by atoms with Gasteiger partial charge >= 0.3 is 0 Å². The fourth-order valence-electron chi connectivity index (χ4n) is 2.14. The second-order valence-corrected chi connectivity index (χ2v) is 7.27. The first-order valence-corrected chi connectivity index (χ1v) is 9.08. The molecule has 0 aliphatic rings. The molecule has 9 heteroatoms. The van der Waals surface area contributed by atoms with E-state index in [9.17, 15) is 18.0 Å². The van der Waals surface area contributed by atoms with Crippen LogP contribution in [-0.2, 0) is 14.8 Å². The average molecular weight is 377 g/mol. The summed E-state index contributed by atoms with van der Waals surface area (Å²) in [6.07, 6.45) is 0. The lowest BCUT2D eigenvalue weighted by Crippen LogP contribution is -2.22. The zero-order valence-corrected chi connectivity index (χ0v) is 15.1. The van der Waals surface area contributed by atoms with Crippen LogP contribution < -0.4 is 20.5 Å². The van der Waals surface area contributed by atoms with Crippen molar-refractivity contribution in [3.63, 3.8) is 0 Å². The van der Waals surface area contributed by atoms with E-state index in [4.69, 9.17) is 10.5 Å². The Bertz CT molecular complexity index is 924. The van der Waals surface area contributed by atoms with Crippen molar-refractivity contribution in [3.8, 4) is 5.75 Å². The van der Waals surface area contributed by atoms with Crippen LogP contribution in [0.4, 0.5) is 5.69 Å². The third-order valence-corrected chi connectivity index (χ3v) is 5.10. The molecule has 0 aliphatic carbocycles. The van der Waals surface area contributed by atoms with Crippen molar-refractivity contribution in [3.05, 3.63) is 53.6 Å². The minimum absolute atomic E-state index is 0.0840. The first kappa shape index (κ1) is 19.4. The molecule has 0 fully saturated rings. The summed E-state index contributed by atoms with van der Waals surface area (Å²) in [5.41, 5.74) is 6.37. The highest BCUT2D eigenvalue weighted by molar-refractivity contribution is 7.89. The Morgan fingerprint density at radius 1 is 1.12 bits per heavy atom. The molecule has 0 atom stereocenters. The van der Waals surface area contributed by atoms with E-state index in [0.29, 0.717) is 22.6 Å². The zero-order valence-electron chi connectivity index (χ0n) is 14.3. The molecule has 2 amide bonds. The van der Waals surface area contributed by atoms with E-state index in [-0.39, 0.29) is 11.5 Å². The summed E-state index contributed by atoms with van der Waals surface area (Å²) in [6.45, 7) is 1.38. The van der Waals surface area contributed by atoms with Gasteiger partial charge in [0.25, 0.3) is 5.91 Å². The molecule has 2 rings (SSSR count). The molecule has 4 N–H and O–H groups in total. The summed E-state index contributed by atoms with van der Waals surface area (Å²) in [7, 11) is -2.31. The van der Waals surface area contributed by atoms with Gasteiger partial charge in [-0.05, 0) is 55.9 Å². The van der Waals surface area contributed by atoms with Crippen molar-refractivity contribution in [1.82, 2.24) is 4.72 Å². The van der Waals surface area contributed by atoms with E-state index < -0.39 is 21.8 Å². The fourth-order valence-corrected chi connectivity index (χ4v) is 3.13. The van der Waals surface area contributed by atoms with E-state index >= 15 is 0 Å². The van der Waals surface area contributed by atoms with E-state index in [1.165, 1.54) is 37.4 Å². The van der Waals surface area contributed by atoms with Crippen LogP contribution in [0.5, 0.6) is 5.75 Å². The Kier molecular flexibility index (Phi) is 5.96. The summed E-state index contributed by atoms with van der Waals surface area (Å²) < 4.78 is 31.5. The highest BCUT2D eigenvalue weighted by atomic mass is 32.2. The molecule has 138 valence electrons. The Hall–Kier alpha value is -2.91. The summed E-state index contributed by atoms with van der Waals surface area (Å²) in [5, 5.41) is 2.58. The van der Waals surface area contributed by atoms with Crippen molar-refractivity contribution < 1.29 is 22.7 Å². The Morgan fingerprint density at radius 3 is 2.35 bits per heavy atom. The lowest BCUT2D eigenvalue weighted by molar-refractivity contribution is -0.118. The molecule has 2 aromatic carbocycles. The number of amides is 2. The van der Waals surface area contributed by atoms with Crippen LogP contribution in [0.25, 0.3) is 0 Å². The van der Waals surface area contributed by atoms with Gasteiger partial charge in [0.1, 0.15) is 5.75 Å². The quantitative estimate of drug-likeness (QED) is 0.664. The Balaban J connectivity index is 2.02. The van der Waals surface area contributed by atoms with E-state index in [1.54, 1.807) is 19.1 Å².